The van der Waals surface area contributed by atoms with Crippen LogP contribution in [0, 0.1) is 27.7 Å². The molecule has 0 saturated carbocycles. The number of para-hydroxylation sites is 5. The minimum Gasteiger partial charge on any atom is -0.310 e. The fourth-order valence-electron chi connectivity index (χ4n) is 13.4. The molecule has 2 heterocycles. The van der Waals surface area contributed by atoms with Crippen LogP contribution in [0.1, 0.15) is 35.1 Å². The molecule has 12 aromatic carbocycles. The Morgan fingerprint density at radius 2 is 0.695 bits per heavy atom. The Morgan fingerprint density at radius 1 is 0.305 bits per heavy atom. The van der Waals surface area contributed by atoms with E-state index in [9.17, 15) is 0 Å². The van der Waals surface area contributed by atoms with Crippen molar-refractivity contribution in [2.75, 3.05) is 9.80 Å². The summed E-state index contributed by atoms with van der Waals surface area (Å²) in [6.45, 7) is 9.15. The van der Waals surface area contributed by atoms with Gasteiger partial charge in [0.25, 0.3) is 0 Å². The van der Waals surface area contributed by atoms with Crippen LogP contribution in [0.25, 0.3) is 98.8 Å². The molecule has 2 aromatic heterocycles. The van der Waals surface area contributed by atoms with Crippen LogP contribution in [-0.4, -0.2) is 9.13 Å². The van der Waals surface area contributed by atoms with Gasteiger partial charge in [0.15, 0.2) is 0 Å². The van der Waals surface area contributed by atoms with E-state index in [1.165, 1.54) is 115 Å². The summed E-state index contributed by atoms with van der Waals surface area (Å²) in [4.78, 5) is 4.89. The zero-order chi connectivity index (χ0) is 55.0. The molecule has 4 heteroatoms. The number of fused-ring (bicyclic) bond motifs is 8. The van der Waals surface area contributed by atoms with Gasteiger partial charge in [0.2, 0.25) is 0 Å². The van der Waals surface area contributed by atoms with Gasteiger partial charge in [0.1, 0.15) is 0 Å². The first-order valence-corrected chi connectivity index (χ1v) is 28.7. The molecule has 392 valence electrons. The van der Waals surface area contributed by atoms with Crippen LogP contribution in [0.5, 0.6) is 0 Å². The van der Waals surface area contributed by atoms with E-state index in [0.29, 0.717) is 0 Å². The Labute approximate surface area is 479 Å². The third-order valence-corrected chi connectivity index (χ3v) is 17.1. The molecule has 0 unspecified atom stereocenters. The van der Waals surface area contributed by atoms with E-state index in [4.69, 9.17) is 0 Å². The highest BCUT2D eigenvalue weighted by molar-refractivity contribution is 6.22. The second-order valence-electron chi connectivity index (χ2n) is 22.1. The van der Waals surface area contributed by atoms with Gasteiger partial charge in [-0.3, -0.25) is 0 Å². The van der Waals surface area contributed by atoms with Crippen molar-refractivity contribution in [1.82, 2.24) is 9.13 Å². The first-order valence-electron chi connectivity index (χ1n) is 28.7. The summed E-state index contributed by atoms with van der Waals surface area (Å²) in [5.74, 6) is 0. The van der Waals surface area contributed by atoms with Crippen molar-refractivity contribution >= 4 is 105 Å². The average molecular weight is 1050 g/mol. The molecule has 0 bridgehead atoms. The molecule has 0 aliphatic heterocycles. The molecular weight excluding hydrogens is 993 g/mol. The third-order valence-electron chi connectivity index (χ3n) is 17.1. The summed E-state index contributed by atoms with van der Waals surface area (Å²) in [7, 11) is 0. The van der Waals surface area contributed by atoms with Crippen molar-refractivity contribution in [2.24, 2.45) is 0 Å². The standard InChI is InChI=1S/C78H60N4/c1-51-47-75(79(55-25-9-5-10-26-55)59-41-43-73-69(49-59)61-33-21-23-39-71(61)81(73)57-29-13-7-14-30-57)53(3)45-67(51)77-63-35-17-19-37-65(63)78(66-38-20-18-36-64(66)77)68-46-54(4)76(48-52(68)2)80(56-27-11-6-12-28-56)60-42-44-74-70(50-60)62-34-22-24-40-72(62)82(74)58-31-15-8-16-32-58/h5-7,9-15,17-50H,8,16H2,1-4H3. The Morgan fingerprint density at radius 3 is 1.15 bits per heavy atom. The van der Waals surface area contributed by atoms with Gasteiger partial charge in [-0.1, -0.05) is 152 Å². The third kappa shape index (κ3) is 7.97. The predicted molar refractivity (Wildman–Crippen MR) is 351 cm³/mol. The second-order valence-corrected chi connectivity index (χ2v) is 22.1. The fourth-order valence-corrected chi connectivity index (χ4v) is 13.4. The van der Waals surface area contributed by atoms with Crippen LogP contribution in [0.4, 0.5) is 34.1 Å². The van der Waals surface area contributed by atoms with E-state index in [1.54, 1.807) is 0 Å². The van der Waals surface area contributed by atoms with Crippen LogP contribution in [0.2, 0.25) is 0 Å². The van der Waals surface area contributed by atoms with Crippen molar-refractivity contribution in [3.8, 4) is 27.9 Å². The molecule has 0 amide bonds. The topological polar surface area (TPSA) is 16.3 Å². The van der Waals surface area contributed by atoms with Crippen LogP contribution in [0.15, 0.2) is 267 Å². The van der Waals surface area contributed by atoms with Gasteiger partial charge < -0.3 is 18.9 Å². The van der Waals surface area contributed by atoms with E-state index >= 15 is 0 Å². The number of benzene rings is 12. The fraction of sp³-hybridized carbons (Fsp3) is 0.0769. The number of anilines is 6. The van der Waals surface area contributed by atoms with Gasteiger partial charge in [-0.25, -0.2) is 0 Å². The van der Waals surface area contributed by atoms with Crippen LogP contribution >= 0.6 is 0 Å². The molecule has 0 atom stereocenters. The molecule has 0 fully saturated rings. The van der Waals surface area contributed by atoms with E-state index in [-0.39, 0.29) is 0 Å². The van der Waals surface area contributed by atoms with Crippen molar-refractivity contribution in [3.63, 3.8) is 0 Å². The number of hydrogen-bond donors (Lipinski definition) is 0. The summed E-state index contributed by atoms with van der Waals surface area (Å²) in [6.07, 6.45) is 9.08. The lowest BCUT2D eigenvalue weighted by Crippen LogP contribution is -2.12. The lowest BCUT2D eigenvalue weighted by atomic mass is 9.83. The van der Waals surface area contributed by atoms with E-state index < -0.39 is 0 Å². The van der Waals surface area contributed by atoms with Crippen molar-refractivity contribution < 1.29 is 0 Å². The maximum absolute atomic E-state index is 2.45. The van der Waals surface area contributed by atoms with Gasteiger partial charge >= 0.3 is 0 Å². The van der Waals surface area contributed by atoms with Gasteiger partial charge in [-0.2, -0.15) is 0 Å². The molecule has 0 radical (unpaired) electrons. The Hall–Kier alpha value is -10.2. The highest BCUT2D eigenvalue weighted by Crippen LogP contribution is 2.50. The summed E-state index contributed by atoms with van der Waals surface area (Å²) >= 11 is 0. The van der Waals surface area contributed by atoms with Gasteiger partial charge in [0, 0.05) is 67.1 Å². The molecular formula is C78H60N4. The maximum atomic E-state index is 2.45. The van der Waals surface area contributed by atoms with Crippen LogP contribution < -0.4 is 9.80 Å². The van der Waals surface area contributed by atoms with Gasteiger partial charge in [-0.05, 0) is 222 Å². The van der Waals surface area contributed by atoms with E-state index in [2.05, 4.69) is 314 Å². The molecule has 1 aliphatic rings. The Kier molecular flexibility index (Phi) is 11.9. The summed E-state index contributed by atoms with van der Waals surface area (Å²) in [6, 6.07) is 91.9. The molecule has 0 spiro atoms. The van der Waals surface area contributed by atoms with E-state index in [1.807, 2.05) is 0 Å². The molecule has 14 aromatic rings. The van der Waals surface area contributed by atoms with E-state index in [0.717, 1.165) is 52.7 Å². The number of aryl methyl sites for hydroxylation is 4. The van der Waals surface area contributed by atoms with Gasteiger partial charge in [-0.15, -0.1) is 0 Å². The number of rotatable bonds is 10. The van der Waals surface area contributed by atoms with Crippen LogP contribution in [-0.2, 0) is 0 Å². The first-order chi connectivity index (χ1) is 40.4. The minimum absolute atomic E-state index is 1.05. The Bertz CT molecular complexity index is 4850. The zero-order valence-corrected chi connectivity index (χ0v) is 46.6. The lowest BCUT2D eigenvalue weighted by molar-refractivity contribution is 1.02. The number of allylic oxidation sites excluding steroid dienone is 4. The maximum Gasteiger partial charge on any atom is 0.0542 e. The molecule has 15 rings (SSSR count). The Balaban J connectivity index is 0.864. The lowest BCUT2D eigenvalue weighted by Gasteiger charge is -2.29. The average Bonchev–Trinajstić information content (AvgIpc) is 4.10. The SMILES string of the molecule is Cc1cc(N(c2ccccc2)c2ccc3c(c2)c2ccccc2n3C2=CCCC=C2)c(C)cc1-c1c2ccccc2c(-c2cc(C)c(N(c3ccccc3)c3ccc4c(c3)c3ccccc3n4-c3ccccc3)cc2C)c2ccccc12. The quantitative estimate of drug-likeness (QED) is 0.127. The summed E-state index contributed by atoms with van der Waals surface area (Å²) in [5.41, 5.74) is 23.9. The normalized spacial score (nSPS) is 12.6. The predicted octanol–water partition coefficient (Wildman–Crippen LogP) is 21.9. The summed E-state index contributed by atoms with van der Waals surface area (Å²) in [5, 5.41) is 9.92. The van der Waals surface area contributed by atoms with Crippen LogP contribution in [0.3, 0.4) is 0 Å². The number of hydrogen-bond acceptors (Lipinski definition) is 2. The number of nitrogens with zero attached hydrogens (tertiary/aromatic N) is 4. The van der Waals surface area contributed by atoms with Crippen molar-refractivity contribution in [3.05, 3.63) is 289 Å². The second kappa shape index (κ2) is 19.9. The highest BCUT2D eigenvalue weighted by atomic mass is 15.2. The van der Waals surface area contributed by atoms with Gasteiger partial charge in [0.05, 0.1) is 22.1 Å². The number of aromatic nitrogens is 2. The molecule has 1 aliphatic carbocycles. The summed E-state index contributed by atoms with van der Waals surface area (Å²) < 4.78 is 4.83. The molecule has 0 saturated heterocycles. The largest absolute Gasteiger partial charge is 0.310 e. The monoisotopic (exact) mass is 1050 g/mol. The smallest absolute Gasteiger partial charge is 0.0542 e. The van der Waals surface area contributed by atoms with Crippen molar-refractivity contribution in [2.45, 2.75) is 40.5 Å². The highest BCUT2D eigenvalue weighted by Gasteiger charge is 2.25. The first kappa shape index (κ1) is 48.9. The minimum atomic E-state index is 1.05. The zero-order valence-electron chi connectivity index (χ0n) is 46.6. The molecule has 82 heavy (non-hydrogen) atoms. The molecule has 4 nitrogen and oxygen atoms in total. The van der Waals surface area contributed by atoms with Crippen molar-refractivity contribution in [1.29, 1.82) is 0 Å². The molecule has 0 N–H and O–H groups in total.